The van der Waals surface area contributed by atoms with Crippen molar-refractivity contribution in [3.05, 3.63) is 183 Å². The summed E-state index contributed by atoms with van der Waals surface area (Å²) in [6, 6.07) is 3.62. The van der Waals surface area contributed by atoms with E-state index in [9.17, 15) is 115 Å². The number of ether oxygens (including phenoxy) is 1. The SMILES string of the molecule is FC(F)(F)c1cc([B-](c2cc(C(F)(F)F)cc(C(F)(F)F)c2)(c2cc(C(F)(F)F)cc(C(F)(F)F)c2)c2cc(C(F)(F)F)cc(C(F)(F)F)c2)cc(C(F)(F)F)c1.O=C(C[n+]1ccccc1)c1ccc(C(=O)OC2CCCCC2)cc1. The minimum atomic E-state index is -6.13. The molecule has 81 heavy (non-hydrogen) atoms. The summed E-state index contributed by atoms with van der Waals surface area (Å²) < 4.78 is 348. The van der Waals surface area contributed by atoms with E-state index in [4.69, 9.17) is 4.74 Å². The summed E-state index contributed by atoms with van der Waals surface area (Å²) >= 11 is 0. The van der Waals surface area contributed by atoms with E-state index in [1.165, 1.54) is 6.42 Å². The second-order valence-electron chi connectivity index (χ2n) is 18.4. The van der Waals surface area contributed by atoms with E-state index in [2.05, 4.69) is 0 Å². The molecular weight excluding hydrogens is 1150 g/mol. The summed E-state index contributed by atoms with van der Waals surface area (Å²) in [5.41, 5.74) is -29.1. The smallest absolute Gasteiger partial charge is 0.416 e. The molecule has 0 N–H and O–H groups in total. The molecular formula is C52H34BF24NO3. The van der Waals surface area contributed by atoms with Gasteiger partial charge in [-0.05, 0) is 62.1 Å². The third kappa shape index (κ3) is 15.2. The van der Waals surface area contributed by atoms with E-state index >= 15 is 0 Å². The molecule has 0 radical (unpaired) electrons. The molecule has 7 rings (SSSR count). The maximum absolute atomic E-state index is 14.2. The molecule has 0 bridgehead atoms. The van der Waals surface area contributed by atoms with E-state index in [0.717, 1.165) is 25.7 Å². The van der Waals surface area contributed by atoms with Gasteiger partial charge in [-0.2, -0.15) is 132 Å². The Morgan fingerprint density at radius 2 is 0.642 bits per heavy atom. The molecule has 0 saturated heterocycles. The Labute approximate surface area is 440 Å². The number of hydrogen-bond donors (Lipinski definition) is 0. The molecule has 1 fully saturated rings. The molecule has 1 aliphatic carbocycles. The van der Waals surface area contributed by atoms with Gasteiger partial charge < -0.3 is 4.74 Å². The number of hydrogen-bond acceptors (Lipinski definition) is 3. The van der Waals surface area contributed by atoms with E-state index < -0.39 is 195 Å². The van der Waals surface area contributed by atoms with Crippen LogP contribution in [0, 0.1) is 0 Å². The van der Waals surface area contributed by atoms with Crippen LogP contribution in [-0.4, -0.2) is 24.0 Å². The first-order chi connectivity index (χ1) is 37.0. The molecule has 1 heterocycles. The van der Waals surface area contributed by atoms with Gasteiger partial charge >= 0.3 is 55.4 Å². The lowest BCUT2D eigenvalue weighted by atomic mass is 9.12. The number of ketones is 1. The zero-order valence-electron chi connectivity index (χ0n) is 40.3. The number of pyridine rings is 1. The van der Waals surface area contributed by atoms with E-state index in [-0.39, 0.29) is 24.4 Å². The van der Waals surface area contributed by atoms with Crippen LogP contribution in [0.25, 0.3) is 0 Å². The fraction of sp³-hybridized carbons (Fsp3) is 0.288. The van der Waals surface area contributed by atoms with Crippen molar-refractivity contribution in [2.24, 2.45) is 0 Å². The summed E-state index contributed by atoms with van der Waals surface area (Å²) in [7, 11) is 0. The van der Waals surface area contributed by atoms with Crippen molar-refractivity contribution >= 4 is 39.7 Å². The van der Waals surface area contributed by atoms with Crippen LogP contribution in [0.15, 0.2) is 128 Å². The number of esters is 1. The van der Waals surface area contributed by atoms with Gasteiger partial charge in [-0.25, -0.2) is 4.79 Å². The average Bonchev–Trinajstić information content (AvgIpc) is 3.36. The maximum Gasteiger partial charge on any atom is 0.416 e. The van der Waals surface area contributed by atoms with Crippen molar-refractivity contribution in [2.75, 3.05) is 0 Å². The molecule has 5 aromatic carbocycles. The lowest BCUT2D eigenvalue weighted by Crippen LogP contribution is -2.75. The topological polar surface area (TPSA) is 47.2 Å². The van der Waals surface area contributed by atoms with Gasteiger partial charge in [-0.1, -0.05) is 73.2 Å². The number of Topliss-reactive ketones (excluding diaryl/α,β-unsaturated/α-hetero) is 1. The Kier molecular flexibility index (Phi) is 17.6. The summed E-state index contributed by atoms with van der Waals surface area (Å²) in [6.07, 6.45) is -45.7. The lowest BCUT2D eigenvalue weighted by Gasteiger charge is -2.46. The van der Waals surface area contributed by atoms with Crippen molar-refractivity contribution < 1.29 is 124 Å². The number of nitrogens with zero attached hydrogens (tertiary/aromatic N) is 1. The second-order valence-corrected chi connectivity index (χ2v) is 18.4. The summed E-state index contributed by atoms with van der Waals surface area (Å²) in [6.45, 7) is 0.284. The second kappa shape index (κ2) is 22.6. The van der Waals surface area contributed by atoms with Gasteiger partial charge in [0.1, 0.15) is 12.2 Å². The van der Waals surface area contributed by atoms with Crippen molar-refractivity contribution in [2.45, 2.75) is 94.2 Å². The normalized spacial score (nSPS) is 14.5. The van der Waals surface area contributed by atoms with E-state index in [1.54, 1.807) is 24.3 Å². The molecule has 1 aromatic heterocycles. The van der Waals surface area contributed by atoms with Crippen LogP contribution in [0.4, 0.5) is 105 Å². The number of rotatable bonds is 9. The largest absolute Gasteiger partial charge is 0.459 e. The van der Waals surface area contributed by atoms with Crippen LogP contribution in [0.5, 0.6) is 0 Å². The van der Waals surface area contributed by atoms with E-state index in [1.807, 2.05) is 35.2 Å². The molecule has 436 valence electrons. The van der Waals surface area contributed by atoms with Gasteiger partial charge in [-0.15, -0.1) is 0 Å². The maximum atomic E-state index is 14.2. The van der Waals surface area contributed by atoms with Crippen LogP contribution in [0.1, 0.15) is 97.3 Å². The number of halogens is 24. The van der Waals surface area contributed by atoms with Crippen molar-refractivity contribution in [1.82, 2.24) is 0 Å². The fourth-order valence-corrected chi connectivity index (χ4v) is 9.06. The summed E-state index contributed by atoms with van der Waals surface area (Å²) in [5, 5.41) is 0. The first kappa shape index (κ1) is 63.0. The minimum Gasteiger partial charge on any atom is -0.459 e. The average molecular weight is 1190 g/mol. The Hall–Kier alpha value is -7.23. The zero-order valence-corrected chi connectivity index (χ0v) is 40.3. The number of aromatic nitrogens is 1. The van der Waals surface area contributed by atoms with Crippen LogP contribution in [0.3, 0.4) is 0 Å². The molecule has 0 unspecified atom stereocenters. The number of carbonyl (C=O) groups is 2. The first-order valence-corrected chi connectivity index (χ1v) is 23.1. The lowest BCUT2D eigenvalue weighted by molar-refractivity contribution is -0.683. The molecule has 0 spiro atoms. The third-order valence-corrected chi connectivity index (χ3v) is 12.8. The molecule has 1 saturated carbocycles. The zero-order chi connectivity index (χ0) is 60.7. The molecule has 4 nitrogen and oxygen atoms in total. The highest BCUT2D eigenvalue weighted by Crippen LogP contribution is 2.41. The standard InChI is InChI=1S/C32H12BF24.C20H22NO3/c34-25(35,36)13-1-14(26(37,38)39)6-21(5-13)33(22-7-15(27(40,41)42)2-16(8-22)28(43,44)45,23-9-17(29(46,47)48)3-18(10-23)30(49,50)51)24-11-19(31(52,53)54)4-20(12-24)32(55,56)57;22-19(15-21-13-5-2-6-14-21)16-9-11-17(12-10-16)20(23)24-18-7-3-1-4-8-18/h1-12H;2,5-6,9-14,18H,1,3-4,7-8,15H2/q-1;+1. The Morgan fingerprint density at radius 1 is 0.383 bits per heavy atom. The Bertz CT molecular complexity index is 2780. The van der Waals surface area contributed by atoms with Gasteiger partial charge in [0, 0.05) is 17.7 Å². The third-order valence-electron chi connectivity index (χ3n) is 12.8. The fourth-order valence-electron chi connectivity index (χ4n) is 9.06. The van der Waals surface area contributed by atoms with Gasteiger partial charge in [0.2, 0.25) is 12.3 Å². The Morgan fingerprint density at radius 3 is 0.901 bits per heavy atom. The predicted molar refractivity (Wildman–Crippen MR) is 240 cm³/mol. The summed E-state index contributed by atoms with van der Waals surface area (Å²) in [5.74, 6) is -0.281. The van der Waals surface area contributed by atoms with Gasteiger partial charge in [0.05, 0.1) is 50.1 Å². The van der Waals surface area contributed by atoms with Crippen LogP contribution in [-0.2, 0) is 60.7 Å². The first-order valence-electron chi connectivity index (χ1n) is 23.1. The van der Waals surface area contributed by atoms with Crippen molar-refractivity contribution in [3.63, 3.8) is 0 Å². The van der Waals surface area contributed by atoms with Crippen molar-refractivity contribution in [3.8, 4) is 0 Å². The number of carbonyl (C=O) groups excluding carboxylic acids is 2. The monoisotopic (exact) mass is 1190 g/mol. The van der Waals surface area contributed by atoms with Crippen LogP contribution in [0.2, 0.25) is 0 Å². The molecule has 0 amide bonds. The predicted octanol–water partition coefficient (Wildman–Crippen LogP) is 14.6. The quantitative estimate of drug-likeness (QED) is 0.0476. The van der Waals surface area contributed by atoms with Gasteiger partial charge in [0.15, 0.2) is 12.4 Å². The number of alkyl halides is 24. The highest BCUT2D eigenvalue weighted by Gasteiger charge is 2.47. The van der Waals surface area contributed by atoms with Gasteiger partial charge in [0.25, 0.3) is 0 Å². The van der Waals surface area contributed by atoms with E-state index in [0.29, 0.717) is 11.1 Å². The summed E-state index contributed by atoms with van der Waals surface area (Å²) in [4.78, 5) is 24.4. The Balaban J connectivity index is 0.000000363. The highest BCUT2D eigenvalue weighted by molar-refractivity contribution is 7.20. The molecule has 0 atom stereocenters. The van der Waals surface area contributed by atoms with Gasteiger partial charge in [-0.3, -0.25) is 4.79 Å². The highest BCUT2D eigenvalue weighted by atomic mass is 19.4. The number of benzene rings is 5. The molecule has 0 aliphatic heterocycles. The van der Waals surface area contributed by atoms with Crippen LogP contribution >= 0.6 is 0 Å². The molecule has 1 aliphatic rings. The molecule has 29 heteroatoms. The van der Waals surface area contributed by atoms with Crippen molar-refractivity contribution in [1.29, 1.82) is 0 Å². The van der Waals surface area contributed by atoms with Crippen LogP contribution < -0.4 is 26.4 Å². The minimum absolute atomic E-state index is 0.0124. The molecule has 6 aromatic rings.